The van der Waals surface area contributed by atoms with Gasteiger partial charge in [0.1, 0.15) is 16.5 Å². The highest BCUT2D eigenvalue weighted by atomic mass is 32.1. The molecule has 184 valence electrons. The fraction of sp³-hybridized carbons (Fsp3) is 0.600. The van der Waals surface area contributed by atoms with Gasteiger partial charge in [-0.15, -0.1) is 0 Å². The van der Waals surface area contributed by atoms with Crippen LogP contribution in [-0.4, -0.2) is 65.8 Å². The van der Waals surface area contributed by atoms with Gasteiger partial charge in [0, 0.05) is 13.6 Å². The maximum absolute atomic E-state index is 13.1. The second-order valence-electron chi connectivity index (χ2n) is 7.72. The quantitative estimate of drug-likeness (QED) is 0.244. The first-order valence-electron chi connectivity index (χ1n) is 10.5. The fourth-order valence-corrected chi connectivity index (χ4v) is 3.38. The Kier molecular flexibility index (Phi) is 10.2. The monoisotopic (exact) mass is 505 g/mol. The minimum atomic E-state index is -4.18. The van der Waals surface area contributed by atoms with Crippen molar-refractivity contribution in [3.05, 3.63) is 23.7 Å². The Morgan fingerprint density at radius 1 is 1.24 bits per heavy atom. The van der Waals surface area contributed by atoms with Crippen molar-refractivity contribution in [2.75, 3.05) is 27.2 Å². The normalized spacial score (nSPS) is 19.2. The summed E-state index contributed by atoms with van der Waals surface area (Å²) < 4.78 is 45.3. The van der Waals surface area contributed by atoms with E-state index >= 15 is 0 Å². The molecule has 33 heavy (non-hydrogen) atoms. The van der Waals surface area contributed by atoms with Crippen LogP contribution in [0.5, 0.6) is 0 Å². The first-order valence-corrected chi connectivity index (χ1v) is 11.3. The molecule has 0 aliphatic carbocycles. The number of nitrogens with zero attached hydrogens (tertiary/aromatic N) is 3. The lowest BCUT2D eigenvalue weighted by molar-refractivity contribution is -0.187. The van der Waals surface area contributed by atoms with E-state index in [4.69, 9.17) is 28.9 Å². The third kappa shape index (κ3) is 8.32. The van der Waals surface area contributed by atoms with Crippen molar-refractivity contribution in [1.82, 2.24) is 26.4 Å². The topological polar surface area (TPSA) is 89.2 Å². The van der Waals surface area contributed by atoms with Crippen molar-refractivity contribution in [3.63, 3.8) is 0 Å². The number of piperidine rings is 1. The second kappa shape index (κ2) is 12.4. The molecule has 1 aromatic heterocycles. The first kappa shape index (κ1) is 27.2. The van der Waals surface area contributed by atoms with Gasteiger partial charge in [0.25, 0.3) is 0 Å². The van der Waals surface area contributed by atoms with Crippen LogP contribution < -0.4 is 21.5 Å². The smallest absolute Gasteiger partial charge is 0.393 e. The predicted molar refractivity (Wildman–Crippen MR) is 131 cm³/mol. The van der Waals surface area contributed by atoms with E-state index in [0.29, 0.717) is 46.0 Å². The summed E-state index contributed by atoms with van der Waals surface area (Å²) in [6.45, 7) is 4.45. The Hall–Kier alpha value is -2.09. The Morgan fingerprint density at radius 3 is 2.61 bits per heavy atom. The number of likely N-dealkylation sites (tertiary alicyclic amines) is 1. The predicted octanol–water partition coefficient (Wildman–Crippen LogP) is 2.75. The summed E-state index contributed by atoms with van der Waals surface area (Å²) in [4.78, 5) is 2.26. The van der Waals surface area contributed by atoms with E-state index in [0.717, 1.165) is 0 Å². The number of hydrogen-bond donors (Lipinski definition) is 4. The molecule has 8 nitrogen and oxygen atoms in total. The molecule has 1 aliphatic heterocycles. The average Bonchev–Trinajstić information content (AvgIpc) is 3.24. The number of rotatable bonds is 8. The molecule has 0 radical (unpaired) electrons. The van der Waals surface area contributed by atoms with Crippen LogP contribution in [0, 0.1) is 5.92 Å². The zero-order valence-corrected chi connectivity index (χ0v) is 20.7. The lowest BCUT2D eigenvalue weighted by Crippen LogP contribution is -2.41. The molecule has 0 amide bonds. The van der Waals surface area contributed by atoms with Crippen LogP contribution in [0.3, 0.4) is 0 Å². The third-order valence-electron chi connectivity index (χ3n) is 5.24. The summed E-state index contributed by atoms with van der Waals surface area (Å²) in [6.07, 6.45) is -3.53. The van der Waals surface area contributed by atoms with Gasteiger partial charge in [0.05, 0.1) is 24.2 Å². The molecule has 0 saturated carbocycles. The molecule has 1 aromatic rings. The summed E-state index contributed by atoms with van der Waals surface area (Å²) in [6, 6.07) is 3.36. The van der Waals surface area contributed by atoms with Gasteiger partial charge < -0.3 is 15.1 Å². The van der Waals surface area contributed by atoms with Crippen LogP contribution in [0.15, 0.2) is 26.8 Å². The molecule has 2 atom stereocenters. The highest BCUT2D eigenvalue weighted by Gasteiger charge is 2.41. The molecular weight excluding hydrogens is 475 g/mol. The molecule has 1 aliphatic rings. The maximum atomic E-state index is 13.1. The molecule has 13 heteroatoms. The molecule has 0 bridgehead atoms. The van der Waals surface area contributed by atoms with Crippen molar-refractivity contribution >= 4 is 46.0 Å². The molecule has 4 N–H and O–H groups in total. The number of alkyl halides is 3. The van der Waals surface area contributed by atoms with Crippen LogP contribution in [-0.2, 0) is 6.54 Å². The largest absolute Gasteiger partial charge is 0.458 e. The standard InChI is InChI=1S/C20H30F3N7OS2/c1-12(26-28-18(32)13(2)24-3)17(27-29-19(33)25-4)16-8-7-15(31-16)11-30-9-5-6-14(10-30)20(21,22)23/h7-8,13-14,24H,5-6,9-11H2,1-4H3,(H,28,32)(H2,25,29,33)/b26-12+,27-17-. The van der Waals surface area contributed by atoms with Gasteiger partial charge in [0.15, 0.2) is 10.9 Å². The molecular formula is C20H30F3N7OS2. The minimum absolute atomic E-state index is 0.0377. The lowest BCUT2D eigenvalue weighted by atomic mass is 9.97. The van der Waals surface area contributed by atoms with Gasteiger partial charge in [0.2, 0.25) is 0 Å². The van der Waals surface area contributed by atoms with Crippen LogP contribution in [0.1, 0.15) is 38.2 Å². The minimum Gasteiger partial charge on any atom is -0.458 e. The highest BCUT2D eigenvalue weighted by Crippen LogP contribution is 2.33. The summed E-state index contributed by atoms with van der Waals surface area (Å²) >= 11 is 10.4. The van der Waals surface area contributed by atoms with Gasteiger partial charge in [-0.25, -0.2) is 0 Å². The van der Waals surface area contributed by atoms with Crippen LogP contribution in [0.25, 0.3) is 0 Å². The third-order valence-corrected chi connectivity index (χ3v) is 5.98. The summed E-state index contributed by atoms with van der Waals surface area (Å²) in [5.74, 6) is -0.373. The maximum Gasteiger partial charge on any atom is 0.393 e. The van der Waals surface area contributed by atoms with Crippen molar-refractivity contribution in [2.45, 2.75) is 45.5 Å². The number of hydrogen-bond acceptors (Lipinski definition) is 7. The van der Waals surface area contributed by atoms with Crippen molar-refractivity contribution in [1.29, 1.82) is 0 Å². The Labute approximate surface area is 202 Å². The lowest BCUT2D eigenvalue weighted by Gasteiger charge is -2.33. The van der Waals surface area contributed by atoms with E-state index in [1.165, 1.54) is 0 Å². The van der Waals surface area contributed by atoms with Crippen molar-refractivity contribution < 1.29 is 17.6 Å². The van der Waals surface area contributed by atoms with Crippen LogP contribution in [0.4, 0.5) is 13.2 Å². The molecule has 2 unspecified atom stereocenters. The van der Waals surface area contributed by atoms with E-state index < -0.39 is 12.1 Å². The Morgan fingerprint density at radius 2 is 1.97 bits per heavy atom. The van der Waals surface area contributed by atoms with E-state index in [1.54, 1.807) is 38.1 Å². The summed E-state index contributed by atoms with van der Waals surface area (Å²) in [7, 11) is 3.44. The number of hydrazone groups is 2. The Bertz CT molecular complexity index is 885. The first-order chi connectivity index (χ1) is 15.5. The average molecular weight is 506 g/mol. The Balaban J connectivity index is 2.18. The molecule has 2 rings (SSSR count). The highest BCUT2D eigenvalue weighted by molar-refractivity contribution is 7.80. The molecule has 1 fully saturated rings. The number of furan rings is 1. The van der Waals surface area contributed by atoms with E-state index in [-0.39, 0.29) is 25.6 Å². The van der Waals surface area contributed by atoms with E-state index in [9.17, 15) is 13.2 Å². The van der Waals surface area contributed by atoms with Crippen LogP contribution >= 0.6 is 24.4 Å². The second-order valence-corrected chi connectivity index (χ2v) is 8.56. The van der Waals surface area contributed by atoms with Gasteiger partial charge in [-0.3, -0.25) is 15.8 Å². The van der Waals surface area contributed by atoms with Gasteiger partial charge in [-0.2, -0.15) is 23.4 Å². The molecule has 0 aromatic carbocycles. The SMILES string of the molecule is CNC(=S)N/N=C(/C(C)=N/NC(=S)C(C)NC)c1ccc(CN2CCCC(C(F)(F)F)C2)o1. The molecule has 2 heterocycles. The summed E-state index contributed by atoms with van der Waals surface area (Å²) in [5, 5.41) is 14.7. The van der Waals surface area contributed by atoms with Crippen molar-refractivity contribution in [2.24, 2.45) is 16.1 Å². The van der Waals surface area contributed by atoms with Crippen molar-refractivity contribution in [3.8, 4) is 0 Å². The van der Waals surface area contributed by atoms with Gasteiger partial charge >= 0.3 is 6.18 Å². The number of thiocarbonyl (C=S) groups is 2. The zero-order chi connectivity index (χ0) is 24.6. The van der Waals surface area contributed by atoms with E-state index in [2.05, 4.69) is 31.7 Å². The van der Waals surface area contributed by atoms with Crippen LogP contribution in [0.2, 0.25) is 0 Å². The number of nitrogens with one attached hydrogen (secondary N) is 4. The summed E-state index contributed by atoms with van der Waals surface area (Å²) in [5.41, 5.74) is 6.37. The molecule has 0 spiro atoms. The zero-order valence-electron chi connectivity index (χ0n) is 19.0. The number of likely N-dealkylation sites (N-methyl/N-ethyl adjacent to an activating group) is 1. The molecule has 1 saturated heterocycles. The van der Waals surface area contributed by atoms with Gasteiger partial charge in [-0.05, 0) is 64.6 Å². The van der Waals surface area contributed by atoms with Gasteiger partial charge in [-0.1, -0.05) is 12.2 Å². The fourth-order valence-electron chi connectivity index (χ4n) is 3.17. The number of halogens is 3. The van der Waals surface area contributed by atoms with E-state index in [1.807, 2.05) is 6.92 Å².